The van der Waals surface area contributed by atoms with Crippen LogP contribution in [0.5, 0.6) is 0 Å². The number of nitrogens with zero attached hydrogens (tertiary/aromatic N) is 2. The third kappa shape index (κ3) is 5.39. The topological polar surface area (TPSA) is 69.7 Å². The fraction of sp³-hybridized carbons (Fsp3) is 0.632. The molecule has 0 radical (unpaired) electrons. The minimum atomic E-state index is -3.79. The number of hydrogen-bond donors (Lipinski definition) is 1. The van der Waals surface area contributed by atoms with Gasteiger partial charge in [-0.3, -0.25) is 4.79 Å². The average Bonchev–Trinajstić information content (AvgIpc) is 2.61. The Kier molecular flexibility index (Phi) is 8.16. The van der Waals surface area contributed by atoms with E-state index in [2.05, 4.69) is 24.1 Å². The van der Waals surface area contributed by atoms with Crippen molar-refractivity contribution in [3.63, 3.8) is 0 Å². The smallest absolute Gasteiger partial charge is 0.246 e. The van der Waals surface area contributed by atoms with Gasteiger partial charge >= 0.3 is 0 Å². The third-order valence-corrected chi connectivity index (χ3v) is 8.11. The highest BCUT2D eigenvalue weighted by molar-refractivity contribution is 7.89. The lowest BCUT2D eigenvalue weighted by molar-refractivity contribution is -0.126. The molecule has 1 aromatic carbocycles. The van der Waals surface area contributed by atoms with E-state index in [0.717, 1.165) is 0 Å². The SMILES string of the molecule is CC(C)C(CNC(=O)C1CCN(S(=O)(=O)c2c(Cl)cccc2Cl)CC1)N(C)C. The molecule has 1 aliphatic rings. The molecule has 1 heterocycles. The Morgan fingerprint density at radius 1 is 1.21 bits per heavy atom. The van der Waals surface area contributed by atoms with Crippen LogP contribution in [0.25, 0.3) is 0 Å². The summed E-state index contributed by atoms with van der Waals surface area (Å²) in [6.07, 6.45) is 0.947. The molecule has 1 fully saturated rings. The van der Waals surface area contributed by atoms with E-state index in [1.807, 2.05) is 14.1 Å². The number of carbonyl (C=O) groups is 1. The van der Waals surface area contributed by atoms with E-state index in [4.69, 9.17) is 23.2 Å². The maximum Gasteiger partial charge on any atom is 0.246 e. The number of carbonyl (C=O) groups excluding carboxylic acids is 1. The maximum atomic E-state index is 12.9. The van der Waals surface area contributed by atoms with E-state index >= 15 is 0 Å². The van der Waals surface area contributed by atoms with Gasteiger partial charge in [0.2, 0.25) is 15.9 Å². The number of rotatable bonds is 7. The van der Waals surface area contributed by atoms with Gasteiger partial charge in [0.15, 0.2) is 0 Å². The van der Waals surface area contributed by atoms with Crippen LogP contribution < -0.4 is 5.32 Å². The lowest BCUT2D eigenvalue weighted by Crippen LogP contribution is -2.47. The van der Waals surface area contributed by atoms with E-state index < -0.39 is 10.0 Å². The molecule has 1 amide bonds. The summed E-state index contributed by atoms with van der Waals surface area (Å²) in [7, 11) is 0.210. The van der Waals surface area contributed by atoms with E-state index in [9.17, 15) is 13.2 Å². The summed E-state index contributed by atoms with van der Waals surface area (Å²) in [5.74, 6) is 0.214. The van der Waals surface area contributed by atoms with Crippen molar-refractivity contribution in [1.82, 2.24) is 14.5 Å². The first kappa shape index (κ1) is 23.4. The van der Waals surface area contributed by atoms with E-state index in [1.54, 1.807) is 6.07 Å². The Bertz CT molecular complexity index is 763. The van der Waals surface area contributed by atoms with Crippen LogP contribution in [0.15, 0.2) is 23.1 Å². The van der Waals surface area contributed by atoms with Gasteiger partial charge in [0.25, 0.3) is 0 Å². The second kappa shape index (κ2) is 9.76. The van der Waals surface area contributed by atoms with Gasteiger partial charge in [-0.05, 0) is 45.0 Å². The maximum absolute atomic E-state index is 12.9. The minimum absolute atomic E-state index is 0.0136. The number of likely N-dealkylation sites (N-methyl/N-ethyl adjacent to an activating group) is 1. The molecule has 9 heteroatoms. The molecule has 1 aliphatic heterocycles. The fourth-order valence-corrected chi connectivity index (χ4v) is 6.14. The monoisotopic (exact) mass is 449 g/mol. The van der Waals surface area contributed by atoms with Gasteiger partial charge in [-0.25, -0.2) is 8.42 Å². The first-order chi connectivity index (χ1) is 13.1. The van der Waals surface area contributed by atoms with Crippen LogP contribution in [0, 0.1) is 11.8 Å². The Balaban J connectivity index is 1.98. The molecule has 1 aromatic rings. The number of piperidine rings is 1. The predicted molar refractivity (Wildman–Crippen MR) is 113 cm³/mol. The number of sulfonamides is 1. The van der Waals surface area contributed by atoms with Gasteiger partial charge in [0, 0.05) is 31.6 Å². The number of nitrogens with one attached hydrogen (secondary N) is 1. The van der Waals surface area contributed by atoms with Crippen LogP contribution in [0.3, 0.4) is 0 Å². The Morgan fingerprint density at radius 3 is 2.21 bits per heavy atom. The molecular formula is C19H29Cl2N3O3S. The van der Waals surface area contributed by atoms with E-state index in [1.165, 1.54) is 16.4 Å². The van der Waals surface area contributed by atoms with Crippen LogP contribution in [0.2, 0.25) is 10.0 Å². The standard InChI is InChI=1S/C19H29Cl2N3O3S/c1-13(2)17(23(3)4)12-22-19(25)14-8-10-24(11-9-14)28(26,27)18-15(20)6-5-7-16(18)21/h5-7,13-14,17H,8-12H2,1-4H3,(H,22,25). The van der Waals surface area contributed by atoms with Crippen molar-refractivity contribution < 1.29 is 13.2 Å². The Hall–Kier alpha value is -0.860. The van der Waals surface area contributed by atoms with Gasteiger partial charge in [-0.1, -0.05) is 43.1 Å². The molecule has 1 N–H and O–H groups in total. The third-order valence-electron chi connectivity index (χ3n) is 5.26. The van der Waals surface area contributed by atoms with Gasteiger partial charge in [-0.15, -0.1) is 0 Å². The molecule has 158 valence electrons. The summed E-state index contributed by atoms with van der Waals surface area (Å²) in [6.45, 7) is 5.36. The summed E-state index contributed by atoms with van der Waals surface area (Å²) in [5, 5.41) is 3.24. The van der Waals surface area contributed by atoms with Crippen LogP contribution in [-0.4, -0.2) is 63.3 Å². The average molecular weight is 450 g/mol. The van der Waals surface area contributed by atoms with Crippen LogP contribution in [0.1, 0.15) is 26.7 Å². The summed E-state index contributed by atoms with van der Waals surface area (Å²) in [5.41, 5.74) is 0. The number of amides is 1. The highest BCUT2D eigenvalue weighted by atomic mass is 35.5. The summed E-state index contributed by atoms with van der Waals surface area (Å²) >= 11 is 12.2. The molecular weight excluding hydrogens is 421 g/mol. The molecule has 0 saturated carbocycles. The number of halogens is 2. The van der Waals surface area contributed by atoms with Gasteiger partial charge in [0.05, 0.1) is 10.0 Å². The molecule has 1 saturated heterocycles. The molecule has 28 heavy (non-hydrogen) atoms. The first-order valence-corrected chi connectivity index (χ1v) is 11.6. The predicted octanol–water partition coefficient (Wildman–Crippen LogP) is 3.10. The summed E-state index contributed by atoms with van der Waals surface area (Å²) in [4.78, 5) is 14.6. The van der Waals surface area contributed by atoms with Gasteiger partial charge in [-0.2, -0.15) is 4.31 Å². The fourth-order valence-electron chi connectivity index (χ4n) is 3.58. The lowest BCUT2D eigenvalue weighted by Gasteiger charge is -2.32. The second-order valence-corrected chi connectivity index (χ2v) is 10.4. The first-order valence-electron chi connectivity index (χ1n) is 9.44. The van der Waals surface area contributed by atoms with Crippen LogP contribution in [-0.2, 0) is 14.8 Å². The lowest BCUT2D eigenvalue weighted by atomic mass is 9.96. The number of hydrogen-bond acceptors (Lipinski definition) is 4. The minimum Gasteiger partial charge on any atom is -0.354 e. The van der Waals surface area contributed by atoms with Gasteiger partial charge < -0.3 is 10.2 Å². The van der Waals surface area contributed by atoms with Crippen molar-refractivity contribution in [2.45, 2.75) is 37.6 Å². The molecule has 2 rings (SSSR count). The van der Waals surface area contributed by atoms with Crippen molar-refractivity contribution >= 4 is 39.1 Å². The zero-order valence-electron chi connectivity index (χ0n) is 16.8. The van der Waals surface area contributed by atoms with E-state index in [-0.39, 0.29) is 45.9 Å². The van der Waals surface area contributed by atoms with Crippen LogP contribution >= 0.6 is 23.2 Å². The Labute approximate surface area is 178 Å². The number of benzene rings is 1. The normalized spacial score (nSPS) is 17.9. The molecule has 0 aliphatic carbocycles. The Morgan fingerprint density at radius 2 is 1.75 bits per heavy atom. The second-order valence-electron chi connectivity index (χ2n) is 7.75. The van der Waals surface area contributed by atoms with Crippen LogP contribution in [0.4, 0.5) is 0 Å². The summed E-state index contributed by atoms with van der Waals surface area (Å²) in [6, 6.07) is 4.89. The molecule has 0 bridgehead atoms. The highest BCUT2D eigenvalue weighted by Crippen LogP contribution is 2.33. The van der Waals surface area contributed by atoms with E-state index in [0.29, 0.717) is 25.3 Å². The van der Waals surface area contributed by atoms with Crippen molar-refractivity contribution in [3.8, 4) is 0 Å². The van der Waals surface area contributed by atoms with Crippen molar-refractivity contribution in [2.24, 2.45) is 11.8 Å². The quantitative estimate of drug-likeness (QED) is 0.693. The molecule has 6 nitrogen and oxygen atoms in total. The molecule has 0 aromatic heterocycles. The summed E-state index contributed by atoms with van der Waals surface area (Å²) < 4.78 is 27.2. The van der Waals surface area contributed by atoms with Gasteiger partial charge in [0.1, 0.15) is 4.90 Å². The zero-order valence-corrected chi connectivity index (χ0v) is 19.1. The molecule has 1 atom stereocenters. The van der Waals surface area contributed by atoms with Crippen molar-refractivity contribution in [2.75, 3.05) is 33.7 Å². The zero-order chi connectivity index (χ0) is 21.1. The molecule has 0 spiro atoms. The largest absolute Gasteiger partial charge is 0.354 e. The molecule has 1 unspecified atom stereocenters. The van der Waals surface area contributed by atoms with Crippen molar-refractivity contribution in [1.29, 1.82) is 0 Å². The highest BCUT2D eigenvalue weighted by Gasteiger charge is 2.34. The van der Waals surface area contributed by atoms with Crippen molar-refractivity contribution in [3.05, 3.63) is 28.2 Å².